The van der Waals surface area contributed by atoms with Crippen molar-refractivity contribution in [3.63, 3.8) is 0 Å². The molecule has 1 saturated carbocycles. The molecule has 1 saturated heterocycles. The van der Waals surface area contributed by atoms with Gasteiger partial charge in [0.05, 0.1) is 28.9 Å². The molecule has 5 atom stereocenters. The maximum atomic E-state index is 15.1. The minimum absolute atomic E-state index is 0.0938. The highest BCUT2D eigenvalue weighted by Crippen LogP contribution is 2.67. The van der Waals surface area contributed by atoms with Crippen LogP contribution in [0.2, 0.25) is 0 Å². The molecule has 0 bridgehead atoms. The molecular weight excluding hydrogens is 611 g/mol. The zero-order valence-electron chi connectivity index (χ0n) is 27.9. The van der Waals surface area contributed by atoms with Crippen LogP contribution in [0.4, 0.5) is 19.7 Å². The van der Waals surface area contributed by atoms with Gasteiger partial charge < -0.3 is 14.2 Å². The number of carbonyl (C=O) groups is 6. The Hall–Kier alpha value is -4.61. The molecule has 2 heterocycles. The Morgan fingerprint density at radius 2 is 1.17 bits per heavy atom. The summed E-state index contributed by atoms with van der Waals surface area (Å²) in [6.45, 7) is 14.4. The second-order valence-corrected chi connectivity index (χ2v) is 15.1. The normalized spacial score (nSPS) is 25.6. The summed E-state index contributed by atoms with van der Waals surface area (Å²) >= 11 is 0. The molecule has 1 spiro atoms. The van der Waals surface area contributed by atoms with Crippen molar-refractivity contribution in [2.45, 2.75) is 90.4 Å². The number of ether oxygens (including phenoxy) is 3. The standard InChI is InChI=1S/C35H39FN2O9/c1-32(2,3)45-28(41)25-23-22(26(39)38(27(23)40)31(44)47-34(7,8)9)24(18-14-16-19(36)17-15-18)35(25)20-12-10-11-13-21(20)37(29(35)42)30(43)46-33(4,5)6/h10-17,22-25H,1-9H3/t22?,23-,24+,25+,35-/m1/s1. The molecule has 250 valence electrons. The van der Waals surface area contributed by atoms with Gasteiger partial charge >= 0.3 is 18.2 Å². The second kappa shape index (κ2) is 11.0. The van der Waals surface area contributed by atoms with Gasteiger partial charge in [0, 0.05) is 5.92 Å². The Morgan fingerprint density at radius 1 is 0.681 bits per heavy atom. The third-order valence-electron chi connectivity index (χ3n) is 8.29. The smallest absolute Gasteiger partial charge is 0.424 e. The highest BCUT2D eigenvalue weighted by molar-refractivity contribution is 6.25. The number of hydrogen-bond acceptors (Lipinski definition) is 9. The van der Waals surface area contributed by atoms with Crippen LogP contribution in [-0.4, -0.2) is 57.6 Å². The molecule has 0 aromatic heterocycles. The Balaban J connectivity index is 1.83. The van der Waals surface area contributed by atoms with E-state index in [0.717, 1.165) is 17.0 Å². The van der Waals surface area contributed by atoms with Gasteiger partial charge in [-0.3, -0.25) is 19.2 Å². The summed E-state index contributed by atoms with van der Waals surface area (Å²) in [6, 6.07) is 11.2. The van der Waals surface area contributed by atoms with Crippen LogP contribution >= 0.6 is 0 Å². The van der Waals surface area contributed by atoms with Gasteiger partial charge in [0.1, 0.15) is 22.6 Å². The third-order valence-corrected chi connectivity index (χ3v) is 8.29. The molecule has 2 fully saturated rings. The number of fused-ring (bicyclic) bond motifs is 3. The van der Waals surface area contributed by atoms with Crippen molar-refractivity contribution in [3.8, 4) is 0 Å². The lowest BCUT2D eigenvalue weighted by molar-refractivity contribution is -0.167. The lowest BCUT2D eigenvalue weighted by Crippen LogP contribution is -2.55. The van der Waals surface area contributed by atoms with E-state index in [2.05, 4.69) is 0 Å². The van der Waals surface area contributed by atoms with Gasteiger partial charge in [0.25, 0.3) is 0 Å². The van der Waals surface area contributed by atoms with Crippen LogP contribution in [0.3, 0.4) is 0 Å². The molecule has 11 nitrogen and oxygen atoms in total. The third kappa shape index (κ3) is 5.57. The zero-order valence-corrected chi connectivity index (χ0v) is 27.9. The first kappa shape index (κ1) is 33.7. The molecule has 0 radical (unpaired) electrons. The van der Waals surface area contributed by atoms with Gasteiger partial charge in [-0.25, -0.2) is 18.9 Å². The minimum atomic E-state index is -2.09. The first-order valence-corrected chi connectivity index (χ1v) is 15.4. The number of imide groups is 4. The summed E-state index contributed by atoms with van der Waals surface area (Å²) in [5.41, 5.74) is -4.79. The summed E-state index contributed by atoms with van der Waals surface area (Å²) < 4.78 is 31.1. The number of rotatable bonds is 2. The van der Waals surface area contributed by atoms with E-state index in [1.807, 2.05) is 0 Å². The van der Waals surface area contributed by atoms with E-state index in [-0.39, 0.29) is 16.8 Å². The van der Waals surface area contributed by atoms with Crippen molar-refractivity contribution in [2.24, 2.45) is 17.8 Å². The van der Waals surface area contributed by atoms with Crippen LogP contribution in [0.5, 0.6) is 0 Å². The zero-order chi connectivity index (χ0) is 35.0. The summed E-state index contributed by atoms with van der Waals surface area (Å²) in [7, 11) is 0. The van der Waals surface area contributed by atoms with Gasteiger partial charge in [-0.2, -0.15) is 4.90 Å². The summed E-state index contributed by atoms with van der Waals surface area (Å²) in [5.74, 6) is -10.7. The molecule has 2 aromatic carbocycles. The number of hydrogen-bond donors (Lipinski definition) is 0. The van der Waals surface area contributed by atoms with Gasteiger partial charge in [0.2, 0.25) is 17.7 Å². The van der Waals surface area contributed by atoms with E-state index in [0.29, 0.717) is 4.90 Å². The van der Waals surface area contributed by atoms with Crippen LogP contribution in [0.1, 0.15) is 79.4 Å². The summed E-state index contributed by atoms with van der Waals surface area (Å²) in [6.07, 6.45) is -2.26. The van der Waals surface area contributed by atoms with Crippen LogP contribution in [0, 0.1) is 23.6 Å². The highest BCUT2D eigenvalue weighted by Gasteiger charge is 2.78. The SMILES string of the molecule is CC(C)(C)OC(=O)[C@@H]1[C@@H]2C(=O)N(C(=O)OC(C)(C)C)C(=O)C2[C@H](c2ccc(F)cc2)[C@@]12C(=O)N(C(=O)OC(C)(C)C)c1ccccc12. The van der Waals surface area contributed by atoms with E-state index >= 15 is 4.79 Å². The molecule has 3 aliphatic rings. The van der Waals surface area contributed by atoms with Crippen LogP contribution in [0.25, 0.3) is 0 Å². The molecule has 5 amide bonds. The predicted molar refractivity (Wildman–Crippen MR) is 165 cm³/mol. The topological polar surface area (TPSA) is 137 Å². The van der Waals surface area contributed by atoms with Crippen molar-refractivity contribution in [1.82, 2.24) is 4.90 Å². The van der Waals surface area contributed by atoms with Crippen LogP contribution in [-0.2, 0) is 38.8 Å². The first-order chi connectivity index (χ1) is 21.6. The number of nitrogens with zero attached hydrogens (tertiary/aromatic N) is 2. The monoisotopic (exact) mass is 650 g/mol. The van der Waals surface area contributed by atoms with Gasteiger partial charge in [-0.15, -0.1) is 0 Å². The Kier molecular flexibility index (Phi) is 7.89. The fraction of sp³-hybridized carbons (Fsp3) is 0.486. The molecule has 12 heteroatoms. The fourth-order valence-corrected chi connectivity index (χ4v) is 7.02. The van der Waals surface area contributed by atoms with Crippen molar-refractivity contribution < 1.29 is 47.4 Å². The van der Waals surface area contributed by atoms with Crippen LogP contribution < -0.4 is 4.90 Å². The van der Waals surface area contributed by atoms with Gasteiger partial charge in [-0.05, 0) is 91.6 Å². The Labute approximate surface area is 272 Å². The lowest BCUT2D eigenvalue weighted by atomic mass is 9.64. The molecule has 0 N–H and O–H groups in total. The quantitative estimate of drug-likeness (QED) is 0.230. The first-order valence-electron chi connectivity index (χ1n) is 15.4. The molecular formula is C35H39FN2O9. The highest BCUT2D eigenvalue weighted by atomic mass is 19.1. The van der Waals surface area contributed by atoms with Gasteiger partial charge in [-0.1, -0.05) is 30.3 Å². The average Bonchev–Trinajstić information content (AvgIpc) is 3.46. The van der Waals surface area contributed by atoms with E-state index < -0.39 is 87.6 Å². The second-order valence-electron chi connectivity index (χ2n) is 15.1. The number of likely N-dealkylation sites (tertiary alicyclic amines) is 1. The maximum absolute atomic E-state index is 15.1. The maximum Gasteiger partial charge on any atom is 0.424 e. The number of carbonyl (C=O) groups excluding carboxylic acids is 6. The Bertz CT molecular complexity index is 1680. The summed E-state index contributed by atoms with van der Waals surface area (Å²) in [4.78, 5) is 86.5. The van der Waals surface area contributed by atoms with E-state index in [4.69, 9.17) is 14.2 Å². The minimum Gasteiger partial charge on any atom is -0.460 e. The van der Waals surface area contributed by atoms with Crippen molar-refractivity contribution in [2.75, 3.05) is 4.90 Å². The molecule has 47 heavy (non-hydrogen) atoms. The van der Waals surface area contributed by atoms with E-state index in [9.17, 15) is 28.4 Å². The van der Waals surface area contributed by atoms with Crippen molar-refractivity contribution >= 4 is 41.6 Å². The van der Waals surface area contributed by atoms with E-state index in [1.165, 1.54) is 18.2 Å². The largest absolute Gasteiger partial charge is 0.460 e. The molecule has 1 aliphatic carbocycles. The number of benzene rings is 2. The average molecular weight is 651 g/mol. The molecule has 1 unspecified atom stereocenters. The predicted octanol–water partition coefficient (Wildman–Crippen LogP) is 5.64. The lowest BCUT2D eigenvalue weighted by Gasteiger charge is -2.38. The molecule has 2 aliphatic heterocycles. The molecule has 5 rings (SSSR count). The summed E-state index contributed by atoms with van der Waals surface area (Å²) in [5, 5.41) is 0. The van der Waals surface area contributed by atoms with Crippen molar-refractivity contribution in [1.29, 1.82) is 0 Å². The fourth-order valence-electron chi connectivity index (χ4n) is 7.02. The number of anilines is 1. The molecule has 2 aromatic rings. The number of para-hydroxylation sites is 1. The number of esters is 1. The van der Waals surface area contributed by atoms with Gasteiger partial charge in [0.15, 0.2) is 0 Å². The number of amides is 5. The Morgan fingerprint density at radius 3 is 1.70 bits per heavy atom. The number of halogens is 1. The van der Waals surface area contributed by atoms with E-state index in [1.54, 1.807) is 80.5 Å². The van der Waals surface area contributed by atoms with Crippen LogP contribution in [0.15, 0.2) is 48.5 Å². The van der Waals surface area contributed by atoms with Crippen molar-refractivity contribution in [3.05, 3.63) is 65.5 Å².